The Morgan fingerprint density at radius 3 is 0.700 bits per heavy atom. The molecule has 0 heterocycles. The van der Waals surface area contributed by atoms with Gasteiger partial charge in [0.05, 0.1) is 10.2 Å². The summed E-state index contributed by atoms with van der Waals surface area (Å²) < 4.78 is 0. The summed E-state index contributed by atoms with van der Waals surface area (Å²) in [5, 5.41) is 29.5. The van der Waals surface area contributed by atoms with Crippen LogP contribution in [0.15, 0.2) is 0 Å². The van der Waals surface area contributed by atoms with Crippen LogP contribution < -0.4 is 0 Å². The van der Waals surface area contributed by atoms with Crippen molar-refractivity contribution < 1.29 is 44.3 Å². The van der Waals surface area contributed by atoms with Crippen LogP contribution in [0.2, 0.25) is 0 Å². The van der Waals surface area contributed by atoms with Gasteiger partial charge >= 0.3 is 34.1 Å². The molecule has 0 aliphatic heterocycles. The summed E-state index contributed by atoms with van der Waals surface area (Å²) in [4.78, 5) is 16.5. The summed E-state index contributed by atoms with van der Waals surface area (Å²) in [6, 6.07) is 0. The van der Waals surface area contributed by atoms with Gasteiger partial charge in [-0.3, -0.25) is 0 Å². The molecule has 68 valence electrons. The van der Waals surface area contributed by atoms with Gasteiger partial charge in [0, 0.05) is 0 Å². The first-order valence-electron chi connectivity index (χ1n) is 1.10. The third-order valence-electron chi connectivity index (χ3n) is 0. The van der Waals surface area contributed by atoms with Crippen LogP contribution in [-0.4, -0.2) is 10.2 Å². The van der Waals surface area contributed by atoms with Crippen molar-refractivity contribution >= 4 is 0 Å². The van der Waals surface area contributed by atoms with Gasteiger partial charge in [0.1, 0.15) is 0 Å². The molecule has 0 bridgehead atoms. The molecule has 0 saturated carbocycles. The topological polar surface area (TPSA) is 132 Å². The fraction of sp³-hybridized carbons (Fsp3) is 0. The molecule has 0 aromatic carbocycles. The van der Waals surface area contributed by atoms with Crippen LogP contribution in [0.5, 0.6) is 0 Å². The molecular formula is Cu2N2O6. The van der Waals surface area contributed by atoms with Gasteiger partial charge in [-0.15, -0.1) is 0 Å². The Bertz CT molecular complexity index is 71.7. The Kier molecular flexibility index (Phi) is 35.9. The van der Waals surface area contributed by atoms with E-state index in [1.165, 1.54) is 0 Å². The van der Waals surface area contributed by atoms with Crippen molar-refractivity contribution in [2.75, 3.05) is 0 Å². The minimum atomic E-state index is -1.75. The molecule has 8 nitrogen and oxygen atoms in total. The molecule has 0 fully saturated rings. The van der Waals surface area contributed by atoms with E-state index in [1.54, 1.807) is 0 Å². The van der Waals surface area contributed by atoms with Crippen molar-refractivity contribution in [1.29, 1.82) is 0 Å². The van der Waals surface area contributed by atoms with E-state index >= 15 is 0 Å². The van der Waals surface area contributed by atoms with E-state index in [4.69, 9.17) is 30.6 Å². The molecule has 0 saturated heterocycles. The number of hydrogen-bond acceptors (Lipinski definition) is 6. The predicted octanol–water partition coefficient (Wildman–Crippen LogP) is -0.483. The van der Waals surface area contributed by atoms with Crippen molar-refractivity contribution in [3.8, 4) is 0 Å². The van der Waals surface area contributed by atoms with E-state index in [9.17, 15) is 0 Å². The van der Waals surface area contributed by atoms with E-state index in [0.29, 0.717) is 0 Å². The first-order valence-corrected chi connectivity index (χ1v) is 1.10. The quantitative estimate of drug-likeness (QED) is 0.324. The summed E-state index contributed by atoms with van der Waals surface area (Å²) in [7, 11) is 0. The Morgan fingerprint density at radius 1 is 0.700 bits per heavy atom. The first kappa shape index (κ1) is 22.7. The van der Waals surface area contributed by atoms with Crippen LogP contribution in [0.4, 0.5) is 0 Å². The molecule has 0 aromatic heterocycles. The van der Waals surface area contributed by atoms with Gasteiger partial charge in [-0.1, -0.05) is 0 Å². The minimum absolute atomic E-state index is 0. The number of hydrogen-bond donors (Lipinski definition) is 0. The third kappa shape index (κ3) is 980. The van der Waals surface area contributed by atoms with Gasteiger partial charge < -0.3 is 30.6 Å². The fourth-order valence-electron chi connectivity index (χ4n) is 0. The van der Waals surface area contributed by atoms with E-state index in [2.05, 4.69) is 0 Å². The second-order valence-electron chi connectivity index (χ2n) is 0.447. The van der Waals surface area contributed by atoms with E-state index in [0.717, 1.165) is 0 Å². The molecule has 0 atom stereocenters. The standard InChI is InChI=1S/2Cu.2NO3/c;;2*2-1(3)4/q2*+1;2*-1. The fourth-order valence-corrected chi connectivity index (χ4v) is 0. The average molecular weight is 251 g/mol. The molecule has 10 heavy (non-hydrogen) atoms. The Morgan fingerprint density at radius 2 is 0.700 bits per heavy atom. The van der Waals surface area contributed by atoms with Gasteiger partial charge in [-0.25, -0.2) is 0 Å². The monoisotopic (exact) mass is 250 g/mol. The second kappa shape index (κ2) is 15.8. The summed E-state index contributed by atoms with van der Waals surface area (Å²) in [6.07, 6.45) is 0. The van der Waals surface area contributed by atoms with Crippen LogP contribution in [0.25, 0.3) is 0 Å². The molecular weight excluding hydrogens is 251 g/mol. The molecule has 0 aromatic rings. The van der Waals surface area contributed by atoms with Gasteiger partial charge in [0.2, 0.25) is 0 Å². The Labute approximate surface area is 75.4 Å². The summed E-state index contributed by atoms with van der Waals surface area (Å²) in [6.45, 7) is 0. The van der Waals surface area contributed by atoms with Crippen molar-refractivity contribution in [2.45, 2.75) is 0 Å². The van der Waals surface area contributed by atoms with Crippen molar-refractivity contribution in [1.82, 2.24) is 0 Å². The van der Waals surface area contributed by atoms with Gasteiger partial charge in [0.15, 0.2) is 0 Å². The SMILES string of the molecule is O=[N+]([O-])[O-].O=[N+]([O-])[O-].[Cu+].[Cu+]. The molecule has 0 aliphatic carbocycles. The molecule has 0 unspecified atom stereocenters. The zero-order valence-electron chi connectivity index (χ0n) is 3.95. The van der Waals surface area contributed by atoms with E-state index < -0.39 is 10.2 Å². The molecule has 10 heteroatoms. The molecule has 0 rings (SSSR count). The summed E-state index contributed by atoms with van der Waals surface area (Å²) in [5.41, 5.74) is 0. The third-order valence-corrected chi connectivity index (χ3v) is 0. The Balaban J connectivity index is -0.0000000300. The molecule has 0 radical (unpaired) electrons. The van der Waals surface area contributed by atoms with Crippen molar-refractivity contribution in [3.63, 3.8) is 0 Å². The zero-order valence-corrected chi connectivity index (χ0v) is 5.83. The van der Waals surface area contributed by atoms with E-state index in [1.807, 2.05) is 0 Å². The normalized spacial score (nSPS) is 4.80. The van der Waals surface area contributed by atoms with Gasteiger partial charge in [0.25, 0.3) is 0 Å². The zero-order chi connectivity index (χ0) is 7.15. The van der Waals surface area contributed by atoms with Gasteiger partial charge in [-0.05, 0) is 0 Å². The minimum Gasteiger partial charge on any atom is -0.356 e. The molecule has 0 N–H and O–H groups in total. The van der Waals surface area contributed by atoms with Crippen molar-refractivity contribution in [2.24, 2.45) is 0 Å². The predicted molar refractivity (Wildman–Crippen MR) is 20.7 cm³/mol. The van der Waals surface area contributed by atoms with Crippen LogP contribution >= 0.6 is 0 Å². The van der Waals surface area contributed by atoms with Crippen LogP contribution in [-0.2, 0) is 34.1 Å². The van der Waals surface area contributed by atoms with Crippen LogP contribution in [0, 0.1) is 30.6 Å². The van der Waals surface area contributed by atoms with E-state index in [-0.39, 0.29) is 34.1 Å². The number of nitrogens with zero attached hydrogens (tertiary/aromatic N) is 2. The van der Waals surface area contributed by atoms with Gasteiger partial charge in [-0.2, -0.15) is 0 Å². The molecule has 0 amide bonds. The summed E-state index contributed by atoms with van der Waals surface area (Å²) in [5.74, 6) is 0. The Hall–Kier alpha value is -0.561. The number of rotatable bonds is 0. The smallest absolute Gasteiger partial charge is 0.356 e. The van der Waals surface area contributed by atoms with Crippen LogP contribution in [0.3, 0.4) is 0 Å². The first-order chi connectivity index (χ1) is 3.46. The van der Waals surface area contributed by atoms with Crippen molar-refractivity contribution in [3.05, 3.63) is 30.6 Å². The molecule has 0 aliphatic rings. The largest absolute Gasteiger partial charge is 1.00 e. The maximum atomic E-state index is 8.25. The molecule has 0 spiro atoms. The maximum Gasteiger partial charge on any atom is 1.00 e. The van der Waals surface area contributed by atoms with Crippen LogP contribution in [0.1, 0.15) is 0 Å². The maximum absolute atomic E-state index is 8.25. The second-order valence-corrected chi connectivity index (χ2v) is 0.447. The average Bonchev–Trinajstić information content (AvgIpc) is 1.25. The summed E-state index contributed by atoms with van der Waals surface area (Å²) >= 11 is 0.